The van der Waals surface area contributed by atoms with Crippen LogP contribution in [-0.4, -0.2) is 50.7 Å². The normalized spacial score (nSPS) is 14.2. The number of piperazine rings is 1. The maximum absolute atomic E-state index is 12.4. The van der Waals surface area contributed by atoms with E-state index in [0.29, 0.717) is 23.7 Å². The minimum atomic E-state index is 0. The molecule has 22 heavy (non-hydrogen) atoms. The van der Waals surface area contributed by atoms with Gasteiger partial charge in [0.15, 0.2) is 11.5 Å². The van der Waals surface area contributed by atoms with Crippen LogP contribution in [0.5, 0.6) is 11.5 Å². The Labute approximate surface area is 138 Å². The van der Waals surface area contributed by atoms with Crippen molar-refractivity contribution in [1.29, 1.82) is 0 Å². The number of hydrogen-bond donors (Lipinski definition) is 1. The van der Waals surface area contributed by atoms with Crippen LogP contribution >= 0.6 is 12.4 Å². The molecule has 6 heteroatoms. The molecule has 0 unspecified atom stereocenters. The monoisotopic (exact) mass is 328 g/mol. The molecule has 0 saturated carbocycles. The third-order valence-corrected chi connectivity index (χ3v) is 3.57. The molecule has 1 saturated heterocycles. The number of amides is 1. The fourth-order valence-corrected chi connectivity index (χ4v) is 2.30. The van der Waals surface area contributed by atoms with Crippen LogP contribution in [0.4, 0.5) is 0 Å². The summed E-state index contributed by atoms with van der Waals surface area (Å²) in [6, 6.07) is 5.41. The van der Waals surface area contributed by atoms with Crippen molar-refractivity contribution in [2.45, 2.75) is 19.8 Å². The Morgan fingerprint density at radius 2 is 2.00 bits per heavy atom. The van der Waals surface area contributed by atoms with Gasteiger partial charge in [-0.1, -0.05) is 13.3 Å². The molecule has 124 valence electrons. The molecule has 1 heterocycles. The van der Waals surface area contributed by atoms with Crippen molar-refractivity contribution in [3.05, 3.63) is 23.8 Å². The lowest BCUT2D eigenvalue weighted by Gasteiger charge is -2.27. The zero-order valence-electron chi connectivity index (χ0n) is 13.3. The molecule has 0 radical (unpaired) electrons. The molecule has 5 nitrogen and oxygen atoms in total. The summed E-state index contributed by atoms with van der Waals surface area (Å²) in [5.41, 5.74) is 0.650. The molecule has 1 aromatic carbocycles. The molecule has 1 N–H and O–H groups in total. The molecule has 2 rings (SSSR count). The number of methoxy groups -OCH3 is 1. The lowest BCUT2D eigenvalue weighted by Crippen LogP contribution is -2.46. The second-order valence-corrected chi connectivity index (χ2v) is 5.11. The summed E-state index contributed by atoms with van der Waals surface area (Å²) in [5, 5.41) is 3.24. The van der Waals surface area contributed by atoms with Crippen LogP contribution in [0.3, 0.4) is 0 Å². The highest BCUT2D eigenvalue weighted by molar-refractivity contribution is 5.95. The maximum Gasteiger partial charge on any atom is 0.254 e. The first-order valence-electron chi connectivity index (χ1n) is 7.57. The third-order valence-electron chi connectivity index (χ3n) is 3.57. The van der Waals surface area contributed by atoms with Gasteiger partial charge in [0.05, 0.1) is 13.7 Å². The van der Waals surface area contributed by atoms with Gasteiger partial charge in [0, 0.05) is 31.7 Å². The average Bonchev–Trinajstić information content (AvgIpc) is 2.55. The van der Waals surface area contributed by atoms with Gasteiger partial charge in [-0.15, -0.1) is 12.4 Å². The number of ether oxygens (including phenoxy) is 2. The molecule has 1 aliphatic heterocycles. The first-order chi connectivity index (χ1) is 10.3. The third kappa shape index (κ3) is 4.78. The van der Waals surface area contributed by atoms with Crippen LogP contribution in [0.25, 0.3) is 0 Å². The van der Waals surface area contributed by atoms with Crippen molar-refractivity contribution >= 4 is 18.3 Å². The fraction of sp³-hybridized carbons (Fsp3) is 0.562. The van der Waals surface area contributed by atoms with Gasteiger partial charge < -0.3 is 19.7 Å². The topological polar surface area (TPSA) is 50.8 Å². The molecule has 1 amide bonds. The van der Waals surface area contributed by atoms with Gasteiger partial charge in [-0.25, -0.2) is 0 Å². The van der Waals surface area contributed by atoms with Gasteiger partial charge in [0.25, 0.3) is 5.91 Å². The Morgan fingerprint density at radius 3 is 2.64 bits per heavy atom. The molecule has 0 bridgehead atoms. The molecule has 0 spiro atoms. The highest BCUT2D eigenvalue weighted by Gasteiger charge is 2.19. The summed E-state index contributed by atoms with van der Waals surface area (Å²) < 4.78 is 11.0. The van der Waals surface area contributed by atoms with Crippen LogP contribution in [-0.2, 0) is 0 Å². The number of nitrogens with one attached hydrogen (secondary N) is 1. The van der Waals surface area contributed by atoms with Gasteiger partial charge in [0.1, 0.15) is 0 Å². The second kappa shape index (κ2) is 9.54. The minimum Gasteiger partial charge on any atom is -0.493 e. The molecular formula is C16H25ClN2O3. The van der Waals surface area contributed by atoms with Gasteiger partial charge in [0.2, 0.25) is 0 Å². The smallest absolute Gasteiger partial charge is 0.254 e. The summed E-state index contributed by atoms with van der Waals surface area (Å²) in [4.78, 5) is 14.3. The maximum atomic E-state index is 12.4. The van der Waals surface area contributed by atoms with E-state index in [1.165, 1.54) is 0 Å². The summed E-state index contributed by atoms with van der Waals surface area (Å²) in [5.74, 6) is 1.37. The van der Waals surface area contributed by atoms with Crippen molar-refractivity contribution in [2.24, 2.45) is 0 Å². The molecule has 0 aromatic heterocycles. The molecular weight excluding hydrogens is 304 g/mol. The number of unbranched alkanes of at least 4 members (excludes halogenated alkanes) is 1. The van der Waals surface area contributed by atoms with E-state index in [9.17, 15) is 4.79 Å². The molecule has 0 aliphatic carbocycles. The van der Waals surface area contributed by atoms with Crippen LogP contribution in [0.1, 0.15) is 30.1 Å². The van der Waals surface area contributed by atoms with Crippen molar-refractivity contribution in [2.75, 3.05) is 39.9 Å². The highest BCUT2D eigenvalue weighted by atomic mass is 35.5. The SMILES string of the molecule is CCCCOc1ccc(C(=O)N2CCNCC2)cc1OC.Cl. The van der Waals surface area contributed by atoms with Crippen molar-refractivity contribution in [1.82, 2.24) is 10.2 Å². The standard InChI is InChI=1S/C16H24N2O3.ClH/c1-3-4-11-21-14-6-5-13(12-15(14)20-2)16(19)18-9-7-17-8-10-18;/h5-6,12,17H,3-4,7-11H2,1-2H3;1H. The van der Waals surface area contributed by atoms with E-state index in [4.69, 9.17) is 9.47 Å². The van der Waals surface area contributed by atoms with E-state index in [1.54, 1.807) is 13.2 Å². The van der Waals surface area contributed by atoms with Crippen molar-refractivity contribution in [3.8, 4) is 11.5 Å². The second-order valence-electron chi connectivity index (χ2n) is 5.11. The number of hydrogen-bond acceptors (Lipinski definition) is 4. The fourth-order valence-electron chi connectivity index (χ4n) is 2.30. The lowest BCUT2D eigenvalue weighted by molar-refractivity contribution is 0.0735. The summed E-state index contributed by atoms with van der Waals surface area (Å²) in [6.45, 7) is 5.97. The Hall–Kier alpha value is -1.46. The van der Waals surface area contributed by atoms with E-state index in [-0.39, 0.29) is 18.3 Å². The molecule has 1 aliphatic rings. The summed E-state index contributed by atoms with van der Waals surface area (Å²) in [7, 11) is 1.60. The quantitative estimate of drug-likeness (QED) is 0.814. The van der Waals surface area contributed by atoms with E-state index in [0.717, 1.165) is 39.0 Å². The number of halogens is 1. The molecule has 0 atom stereocenters. The zero-order valence-corrected chi connectivity index (χ0v) is 14.1. The summed E-state index contributed by atoms with van der Waals surface area (Å²) in [6.07, 6.45) is 2.09. The summed E-state index contributed by atoms with van der Waals surface area (Å²) >= 11 is 0. The first kappa shape index (κ1) is 18.6. The Bertz CT molecular complexity index is 476. The van der Waals surface area contributed by atoms with Gasteiger partial charge >= 0.3 is 0 Å². The Morgan fingerprint density at radius 1 is 1.27 bits per heavy atom. The zero-order chi connectivity index (χ0) is 15.1. The largest absolute Gasteiger partial charge is 0.493 e. The first-order valence-corrected chi connectivity index (χ1v) is 7.57. The van der Waals surface area contributed by atoms with Crippen LogP contribution in [0.2, 0.25) is 0 Å². The van der Waals surface area contributed by atoms with E-state index in [2.05, 4.69) is 12.2 Å². The number of carbonyl (C=O) groups excluding carboxylic acids is 1. The van der Waals surface area contributed by atoms with Crippen molar-refractivity contribution in [3.63, 3.8) is 0 Å². The molecule has 1 aromatic rings. The van der Waals surface area contributed by atoms with Gasteiger partial charge in [-0.3, -0.25) is 4.79 Å². The van der Waals surface area contributed by atoms with Crippen LogP contribution < -0.4 is 14.8 Å². The average molecular weight is 329 g/mol. The Kier molecular flexibility index (Phi) is 8.06. The van der Waals surface area contributed by atoms with Crippen LogP contribution in [0.15, 0.2) is 18.2 Å². The lowest BCUT2D eigenvalue weighted by atomic mass is 10.1. The number of benzene rings is 1. The Balaban J connectivity index is 0.00000242. The number of nitrogens with zero attached hydrogens (tertiary/aromatic N) is 1. The number of rotatable bonds is 6. The van der Waals surface area contributed by atoms with Gasteiger partial charge in [-0.2, -0.15) is 0 Å². The minimum absolute atomic E-state index is 0. The molecule has 1 fully saturated rings. The van der Waals surface area contributed by atoms with E-state index in [1.807, 2.05) is 17.0 Å². The van der Waals surface area contributed by atoms with E-state index >= 15 is 0 Å². The number of carbonyl (C=O) groups is 1. The predicted molar refractivity (Wildman–Crippen MR) is 89.4 cm³/mol. The highest BCUT2D eigenvalue weighted by Crippen LogP contribution is 2.28. The van der Waals surface area contributed by atoms with Crippen molar-refractivity contribution < 1.29 is 14.3 Å². The van der Waals surface area contributed by atoms with Crippen LogP contribution in [0, 0.1) is 0 Å². The van der Waals surface area contributed by atoms with Gasteiger partial charge in [-0.05, 0) is 24.6 Å². The predicted octanol–water partition coefficient (Wildman–Crippen LogP) is 2.34. The van der Waals surface area contributed by atoms with E-state index < -0.39 is 0 Å².